The number of benzene rings is 4. The lowest BCUT2D eigenvalue weighted by atomic mass is 9.72. The Balaban J connectivity index is 0.000000188. The molecule has 2 saturated carbocycles. The Morgan fingerprint density at radius 3 is 1.56 bits per heavy atom. The highest BCUT2D eigenvalue weighted by atomic mass is 16.5. The summed E-state index contributed by atoms with van der Waals surface area (Å²) in [6.45, 7) is 14.1. The van der Waals surface area contributed by atoms with E-state index in [1.54, 1.807) is 6.07 Å². The molecule has 5 heteroatoms. The molecule has 0 radical (unpaired) electrons. The van der Waals surface area contributed by atoms with Gasteiger partial charge in [-0.1, -0.05) is 77.9 Å². The van der Waals surface area contributed by atoms with E-state index < -0.39 is 0 Å². The number of methoxy groups -OCH3 is 1. The molecule has 4 aromatic carbocycles. The van der Waals surface area contributed by atoms with Gasteiger partial charge in [-0.05, 0) is 138 Å². The van der Waals surface area contributed by atoms with Crippen LogP contribution in [0.25, 0.3) is 21.5 Å². The van der Waals surface area contributed by atoms with Gasteiger partial charge >= 0.3 is 5.97 Å². The van der Waals surface area contributed by atoms with E-state index in [0.29, 0.717) is 28.6 Å². The molecule has 0 aliphatic heterocycles. The third-order valence-corrected chi connectivity index (χ3v) is 10.8. The predicted octanol–water partition coefficient (Wildman–Crippen LogP) is 10.9. The molecule has 0 amide bonds. The zero-order chi connectivity index (χ0) is 34.5. The predicted molar refractivity (Wildman–Crippen MR) is 197 cm³/mol. The molecule has 48 heavy (non-hydrogen) atoms. The average Bonchev–Trinajstić information content (AvgIpc) is 3.07. The number of aliphatic hydroxyl groups is 1. The van der Waals surface area contributed by atoms with Crippen LogP contribution in [0.5, 0.6) is 11.5 Å². The second kappa shape index (κ2) is 15.3. The third kappa shape index (κ3) is 8.91. The van der Waals surface area contributed by atoms with Gasteiger partial charge in [0.05, 0.1) is 31.5 Å². The summed E-state index contributed by atoms with van der Waals surface area (Å²) < 4.78 is 17.3. The summed E-state index contributed by atoms with van der Waals surface area (Å²) in [7, 11) is 1.41. The van der Waals surface area contributed by atoms with Gasteiger partial charge in [0.2, 0.25) is 0 Å². The van der Waals surface area contributed by atoms with Crippen LogP contribution in [0.4, 0.5) is 0 Å². The first kappa shape index (κ1) is 35.7. The second-order valence-electron chi connectivity index (χ2n) is 16.1. The maximum absolute atomic E-state index is 11.9. The molecular formula is C43H56O5. The molecule has 2 fully saturated rings. The Labute approximate surface area is 288 Å². The summed E-state index contributed by atoms with van der Waals surface area (Å²) in [5, 5.41) is 13.6. The number of esters is 1. The second-order valence-corrected chi connectivity index (χ2v) is 16.1. The molecule has 2 aliphatic rings. The van der Waals surface area contributed by atoms with Gasteiger partial charge in [0.15, 0.2) is 0 Å². The van der Waals surface area contributed by atoms with Gasteiger partial charge in [-0.3, -0.25) is 0 Å². The first-order valence-electron chi connectivity index (χ1n) is 17.9. The monoisotopic (exact) mass is 652 g/mol. The van der Waals surface area contributed by atoms with E-state index in [-0.39, 0.29) is 12.6 Å². The molecule has 0 unspecified atom stereocenters. The highest BCUT2D eigenvalue weighted by Crippen LogP contribution is 2.40. The fourth-order valence-electron chi connectivity index (χ4n) is 7.64. The smallest absolute Gasteiger partial charge is 0.338 e. The molecular weight excluding hydrogens is 596 g/mol. The van der Waals surface area contributed by atoms with Crippen LogP contribution in [-0.2, 0) is 11.3 Å². The van der Waals surface area contributed by atoms with Crippen molar-refractivity contribution >= 4 is 27.5 Å². The number of carbonyl (C=O) groups excluding carboxylic acids is 1. The summed E-state index contributed by atoms with van der Waals surface area (Å²) in [5.74, 6) is 3.12. The fraction of sp³-hybridized carbons (Fsp3) is 0.512. The van der Waals surface area contributed by atoms with Gasteiger partial charge in [0.1, 0.15) is 11.5 Å². The van der Waals surface area contributed by atoms with Gasteiger partial charge in [-0.25, -0.2) is 4.79 Å². The topological polar surface area (TPSA) is 65.0 Å². The van der Waals surface area contributed by atoms with Crippen molar-refractivity contribution in [2.24, 2.45) is 22.7 Å². The van der Waals surface area contributed by atoms with E-state index in [9.17, 15) is 9.90 Å². The summed E-state index contributed by atoms with van der Waals surface area (Å²) in [6.07, 6.45) is 10.1. The van der Waals surface area contributed by atoms with Crippen LogP contribution in [0.15, 0.2) is 72.8 Å². The van der Waals surface area contributed by atoms with Crippen LogP contribution in [0, 0.1) is 22.7 Å². The number of carbonyl (C=O) groups is 1. The van der Waals surface area contributed by atoms with Crippen LogP contribution in [0.2, 0.25) is 0 Å². The molecule has 5 nitrogen and oxygen atoms in total. The third-order valence-electron chi connectivity index (χ3n) is 10.8. The van der Waals surface area contributed by atoms with Gasteiger partial charge in [-0.2, -0.15) is 0 Å². The molecule has 0 spiro atoms. The SMILES string of the molecule is CC(C)(C)C1CCC(Oc2ccc3c(CO)cccc3c2)CC1.COC(=O)c1cccc2cc(OC3CCC(C(C)(C)C)CC3)ccc12. The van der Waals surface area contributed by atoms with Crippen molar-refractivity contribution in [2.45, 2.75) is 112 Å². The lowest BCUT2D eigenvalue weighted by Crippen LogP contribution is -2.30. The van der Waals surface area contributed by atoms with Crippen molar-refractivity contribution in [1.82, 2.24) is 0 Å². The number of aliphatic hydroxyl groups excluding tert-OH is 1. The number of ether oxygens (including phenoxy) is 3. The zero-order valence-electron chi connectivity index (χ0n) is 30.2. The highest BCUT2D eigenvalue weighted by Gasteiger charge is 2.31. The number of rotatable bonds is 6. The summed E-state index contributed by atoms with van der Waals surface area (Å²) >= 11 is 0. The van der Waals surface area contributed by atoms with Gasteiger partial charge in [0, 0.05) is 0 Å². The molecule has 0 aromatic heterocycles. The number of hydrogen-bond donors (Lipinski definition) is 1. The minimum absolute atomic E-state index is 0.0777. The van der Waals surface area contributed by atoms with Gasteiger partial charge in [0.25, 0.3) is 0 Å². The summed E-state index contributed by atoms with van der Waals surface area (Å²) in [6, 6.07) is 23.9. The molecule has 0 saturated heterocycles. The number of hydrogen-bond acceptors (Lipinski definition) is 5. The first-order valence-corrected chi connectivity index (χ1v) is 17.9. The van der Waals surface area contributed by atoms with Crippen LogP contribution < -0.4 is 9.47 Å². The minimum Gasteiger partial charge on any atom is -0.490 e. The Morgan fingerprint density at radius 2 is 1.10 bits per heavy atom. The van der Waals surface area contributed by atoms with Gasteiger partial charge < -0.3 is 19.3 Å². The Morgan fingerprint density at radius 1 is 0.646 bits per heavy atom. The molecule has 4 aromatic rings. The molecule has 2 aliphatic carbocycles. The normalized spacial score (nSPS) is 21.7. The summed E-state index contributed by atoms with van der Waals surface area (Å²) in [4.78, 5) is 11.9. The minimum atomic E-state index is -0.306. The number of fused-ring (bicyclic) bond motifs is 2. The van der Waals surface area contributed by atoms with E-state index in [4.69, 9.17) is 14.2 Å². The van der Waals surface area contributed by atoms with Crippen LogP contribution in [-0.4, -0.2) is 30.4 Å². The maximum atomic E-state index is 11.9. The standard InChI is InChI=1S/C22H28O3.C21H28O2/c1-22(2,3)16-8-10-17(11-9-16)25-18-12-13-19-15(14-18)6-5-7-20(19)21(23)24-4;1-21(2,3)17-7-9-18(10-8-17)23-19-11-12-20-15(13-19)5-4-6-16(20)14-22/h5-7,12-14,16-17H,8-11H2,1-4H3;4-6,11-13,17-18,22H,7-10,14H2,1-3H3. The Hall–Kier alpha value is -3.57. The lowest BCUT2D eigenvalue weighted by Gasteiger charge is -2.37. The maximum Gasteiger partial charge on any atom is 0.338 e. The van der Waals surface area contributed by atoms with E-state index >= 15 is 0 Å². The van der Waals surface area contributed by atoms with E-state index in [2.05, 4.69) is 59.7 Å². The highest BCUT2D eigenvalue weighted by molar-refractivity contribution is 6.04. The first-order chi connectivity index (χ1) is 22.9. The van der Waals surface area contributed by atoms with E-state index in [0.717, 1.165) is 76.1 Å². The van der Waals surface area contributed by atoms with E-state index in [1.165, 1.54) is 32.8 Å². The van der Waals surface area contributed by atoms with Gasteiger partial charge in [-0.15, -0.1) is 0 Å². The zero-order valence-corrected chi connectivity index (χ0v) is 30.2. The molecule has 258 valence electrons. The lowest BCUT2D eigenvalue weighted by molar-refractivity contribution is 0.0602. The van der Waals surface area contributed by atoms with Crippen LogP contribution in [0.1, 0.15) is 109 Å². The van der Waals surface area contributed by atoms with Crippen LogP contribution >= 0.6 is 0 Å². The van der Waals surface area contributed by atoms with Crippen molar-refractivity contribution in [3.8, 4) is 11.5 Å². The Bertz CT molecular complexity index is 1660. The van der Waals surface area contributed by atoms with Crippen molar-refractivity contribution in [1.29, 1.82) is 0 Å². The fourth-order valence-corrected chi connectivity index (χ4v) is 7.64. The quantitative estimate of drug-likeness (QED) is 0.210. The van der Waals surface area contributed by atoms with Crippen molar-refractivity contribution in [3.05, 3.63) is 83.9 Å². The molecule has 0 heterocycles. The molecule has 6 rings (SSSR count). The van der Waals surface area contributed by atoms with Crippen LogP contribution in [0.3, 0.4) is 0 Å². The largest absolute Gasteiger partial charge is 0.490 e. The van der Waals surface area contributed by atoms with Crippen molar-refractivity contribution in [3.63, 3.8) is 0 Å². The van der Waals surface area contributed by atoms with E-state index in [1.807, 2.05) is 48.5 Å². The summed E-state index contributed by atoms with van der Waals surface area (Å²) in [5.41, 5.74) is 2.37. The van der Waals surface area contributed by atoms with Crippen molar-refractivity contribution < 1.29 is 24.1 Å². The molecule has 1 N–H and O–H groups in total. The average molecular weight is 653 g/mol. The Kier molecular flexibility index (Phi) is 11.4. The molecule has 0 atom stereocenters. The van der Waals surface area contributed by atoms with Crippen molar-refractivity contribution in [2.75, 3.05) is 7.11 Å². The molecule has 0 bridgehead atoms.